The van der Waals surface area contributed by atoms with Crippen LogP contribution in [0.4, 0.5) is 0 Å². The number of carboxylic acids is 1. The van der Waals surface area contributed by atoms with Gasteiger partial charge in [-0.3, -0.25) is 4.79 Å². The van der Waals surface area contributed by atoms with Crippen molar-refractivity contribution in [1.82, 2.24) is 0 Å². The van der Waals surface area contributed by atoms with Crippen LogP contribution in [0.3, 0.4) is 0 Å². The van der Waals surface area contributed by atoms with Gasteiger partial charge in [0.2, 0.25) is 0 Å². The second-order valence-electron chi connectivity index (χ2n) is 5.46. The van der Waals surface area contributed by atoms with Crippen LogP contribution in [-0.2, 0) is 4.79 Å². The molecule has 3 N–H and O–H groups in total. The number of rotatable bonds is 10. The van der Waals surface area contributed by atoms with Crippen molar-refractivity contribution in [3.63, 3.8) is 0 Å². The van der Waals surface area contributed by atoms with Crippen LogP contribution in [-0.4, -0.2) is 43.7 Å². The van der Waals surface area contributed by atoms with E-state index in [9.17, 15) is 9.59 Å². The third-order valence-corrected chi connectivity index (χ3v) is 3.47. The number of ether oxygens (including phenoxy) is 3. The Hall–Kier alpha value is -3.32. The number of benzene rings is 2. The topological polar surface area (TPSA) is 108 Å². The second kappa shape index (κ2) is 9.98. The number of hydrogen-bond acceptors (Lipinski definition) is 6. The summed E-state index contributed by atoms with van der Waals surface area (Å²) in [7, 11) is 1.42. The fourth-order valence-electron chi connectivity index (χ4n) is 2.23. The van der Waals surface area contributed by atoms with Crippen LogP contribution < -0.4 is 19.9 Å². The van der Waals surface area contributed by atoms with E-state index in [1.807, 2.05) is 24.3 Å². The predicted molar refractivity (Wildman–Crippen MR) is 100 cm³/mol. The maximum atomic E-state index is 12.4. The molecule has 0 amide bonds. The zero-order valence-electron chi connectivity index (χ0n) is 14.9. The maximum absolute atomic E-state index is 12.4. The number of carbonyl (C=O) groups excluding carboxylic acids is 1. The molecule has 0 fully saturated rings. The van der Waals surface area contributed by atoms with Crippen molar-refractivity contribution in [1.29, 1.82) is 0 Å². The largest absolute Gasteiger partial charge is 0.493 e. The Kier molecular flexibility index (Phi) is 7.39. The Balaban J connectivity index is 2.11. The molecular formula is C20H21NO6. The number of aliphatic carboxylic acids is 1. The van der Waals surface area contributed by atoms with Crippen molar-refractivity contribution >= 4 is 17.8 Å². The van der Waals surface area contributed by atoms with Gasteiger partial charge in [-0.2, -0.15) is 0 Å². The van der Waals surface area contributed by atoms with E-state index in [1.54, 1.807) is 12.1 Å². The zero-order chi connectivity index (χ0) is 19.6. The number of ketones is 1. The normalized spacial score (nSPS) is 10.6. The molecule has 0 aliphatic carbocycles. The molecule has 0 unspecified atom stereocenters. The molecule has 0 bridgehead atoms. The second-order valence-corrected chi connectivity index (χ2v) is 5.46. The van der Waals surface area contributed by atoms with Gasteiger partial charge in [-0.15, -0.1) is 0 Å². The Bertz CT molecular complexity index is 831. The highest BCUT2D eigenvalue weighted by Crippen LogP contribution is 2.28. The first kappa shape index (κ1) is 20.0. The van der Waals surface area contributed by atoms with Crippen molar-refractivity contribution in [2.24, 2.45) is 5.73 Å². The number of allylic oxidation sites excluding steroid dienone is 1. The Morgan fingerprint density at radius 3 is 2.63 bits per heavy atom. The smallest absolute Gasteiger partial charge is 0.341 e. The maximum Gasteiger partial charge on any atom is 0.341 e. The van der Waals surface area contributed by atoms with Crippen LogP contribution in [0.5, 0.6) is 17.2 Å². The summed E-state index contributed by atoms with van der Waals surface area (Å²) in [5.74, 6) is -0.112. The summed E-state index contributed by atoms with van der Waals surface area (Å²) in [6.07, 6.45) is 3.12. The molecule has 2 rings (SSSR count). The highest BCUT2D eigenvalue weighted by molar-refractivity contribution is 6.07. The van der Waals surface area contributed by atoms with Gasteiger partial charge in [0.25, 0.3) is 0 Å². The Morgan fingerprint density at radius 2 is 1.93 bits per heavy atom. The standard InChI is InChI=1S/C20H21NO6/c1-25-19-12-15(6-8-18(19)27-13-20(23)24)17(22)7-5-14-3-2-4-16(11-14)26-10-9-21/h2-8,11-12H,9-10,13,21H2,1H3,(H,23,24). The third-order valence-electron chi connectivity index (χ3n) is 3.47. The van der Waals surface area contributed by atoms with Gasteiger partial charge in [0.1, 0.15) is 12.4 Å². The molecule has 7 nitrogen and oxygen atoms in total. The summed E-state index contributed by atoms with van der Waals surface area (Å²) >= 11 is 0. The summed E-state index contributed by atoms with van der Waals surface area (Å²) < 4.78 is 15.7. The van der Waals surface area contributed by atoms with Gasteiger partial charge in [0.15, 0.2) is 23.9 Å². The van der Waals surface area contributed by atoms with Crippen LogP contribution in [0, 0.1) is 0 Å². The highest BCUT2D eigenvalue weighted by atomic mass is 16.5. The van der Waals surface area contributed by atoms with E-state index in [0.717, 1.165) is 5.56 Å². The van der Waals surface area contributed by atoms with Gasteiger partial charge in [0.05, 0.1) is 7.11 Å². The van der Waals surface area contributed by atoms with E-state index in [2.05, 4.69) is 0 Å². The van der Waals surface area contributed by atoms with Crippen molar-refractivity contribution < 1.29 is 28.9 Å². The van der Waals surface area contributed by atoms with Crippen LogP contribution >= 0.6 is 0 Å². The first-order valence-corrected chi connectivity index (χ1v) is 8.21. The molecule has 0 heterocycles. The summed E-state index contributed by atoms with van der Waals surface area (Å²) in [4.78, 5) is 23.0. The molecule has 0 radical (unpaired) electrons. The van der Waals surface area contributed by atoms with Crippen LogP contribution in [0.1, 0.15) is 15.9 Å². The number of carbonyl (C=O) groups is 2. The van der Waals surface area contributed by atoms with Crippen molar-refractivity contribution in [2.45, 2.75) is 0 Å². The lowest BCUT2D eigenvalue weighted by Crippen LogP contribution is -2.10. The molecule has 0 aliphatic rings. The predicted octanol–water partition coefficient (Wildman–Crippen LogP) is 2.39. The quantitative estimate of drug-likeness (QED) is 0.488. The van der Waals surface area contributed by atoms with Gasteiger partial charge >= 0.3 is 5.97 Å². The molecule has 0 aliphatic heterocycles. The van der Waals surface area contributed by atoms with E-state index < -0.39 is 12.6 Å². The SMILES string of the molecule is COc1cc(C(=O)C=Cc2cccc(OCCN)c2)ccc1OCC(=O)O. The zero-order valence-corrected chi connectivity index (χ0v) is 14.9. The Morgan fingerprint density at radius 1 is 1.11 bits per heavy atom. The molecule has 0 saturated heterocycles. The number of hydrogen-bond donors (Lipinski definition) is 2. The van der Waals surface area contributed by atoms with Crippen LogP contribution in [0.2, 0.25) is 0 Å². The summed E-state index contributed by atoms with van der Waals surface area (Å²) in [6.45, 7) is 0.348. The first-order valence-electron chi connectivity index (χ1n) is 8.21. The van der Waals surface area contributed by atoms with Gasteiger partial charge < -0.3 is 25.1 Å². The van der Waals surface area contributed by atoms with Gasteiger partial charge in [0, 0.05) is 12.1 Å². The fourth-order valence-corrected chi connectivity index (χ4v) is 2.23. The monoisotopic (exact) mass is 371 g/mol. The van der Waals surface area contributed by atoms with Crippen molar-refractivity contribution in [3.05, 3.63) is 59.7 Å². The molecule has 2 aromatic rings. The molecule has 7 heteroatoms. The Labute approximate surface area is 157 Å². The van der Waals surface area contributed by atoms with E-state index in [-0.39, 0.29) is 17.3 Å². The highest BCUT2D eigenvalue weighted by Gasteiger charge is 2.10. The lowest BCUT2D eigenvalue weighted by atomic mass is 10.1. The minimum absolute atomic E-state index is 0.230. The lowest BCUT2D eigenvalue weighted by Gasteiger charge is -2.10. The summed E-state index contributed by atoms with van der Waals surface area (Å²) in [6, 6.07) is 11.9. The number of nitrogens with two attached hydrogens (primary N) is 1. The summed E-state index contributed by atoms with van der Waals surface area (Å²) in [5.41, 5.74) is 6.61. The van der Waals surface area contributed by atoms with E-state index in [4.69, 9.17) is 25.1 Å². The average molecular weight is 371 g/mol. The molecule has 0 aromatic heterocycles. The lowest BCUT2D eigenvalue weighted by molar-refractivity contribution is -0.139. The van der Waals surface area contributed by atoms with Crippen molar-refractivity contribution in [2.75, 3.05) is 26.9 Å². The van der Waals surface area contributed by atoms with Crippen LogP contribution in [0.25, 0.3) is 6.08 Å². The van der Waals surface area contributed by atoms with Crippen LogP contribution in [0.15, 0.2) is 48.5 Å². The van der Waals surface area contributed by atoms with Crippen molar-refractivity contribution in [3.8, 4) is 17.2 Å². The molecular weight excluding hydrogens is 350 g/mol. The first-order chi connectivity index (χ1) is 13.0. The number of methoxy groups -OCH3 is 1. The number of carboxylic acid groups (broad SMARTS) is 1. The van der Waals surface area contributed by atoms with Gasteiger partial charge in [-0.05, 0) is 42.0 Å². The summed E-state index contributed by atoms with van der Waals surface area (Å²) in [5, 5.41) is 8.68. The fraction of sp³-hybridized carbons (Fsp3) is 0.200. The molecule has 0 atom stereocenters. The minimum Gasteiger partial charge on any atom is -0.493 e. The molecule has 27 heavy (non-hydrogen) atoms. The van der Waals surface area contributed by atoms with Gasteiger partial charge in [-0.25, -0.2) is 4.79 Å². The van der Waals surface area contributed by atoms with Gasteiger partial charge in [-0.1, -0.05) is 18.2 Å². The minimum atomic E-state index is -1.10. The molecule has 0 spiro atoms. The molecule has 2 aromatic carbocycles. The van der Waals surface area contributed by atoms with E-state index in [0.29, 0.717) is 24.5 Å². The molecule has 0 saturated carbocycles. The third kappa shape index (κ3) is 6.16. The van der Waals surface area contributed by atoms with E-state index >= 15 is 0 Å². The average Bonchev–Trinajstić information content (AvgIpc) is 2.69. The van der Waals surface area contributed by atoms with E-state index in [1.165, 1.54) is 25.3 Å². The molecule has 142 valence electrons.